The van der Waals surface area contributed by atoms with E-state index in [1.165, 1.54) is 11.3 Å². The molecule has 2 heterocycles. The Bertz CT molecular complexity index is 532. The van der Waals surface area contributed by atoms with Crippen LogP contribution in [0.2, 0.25) is 0 Å². The van der Waals surface area contributed by atoms with E-state index in [-0.39, 0.29) is 6.04 Å². The molecular formula is C11H18BrN3O2S2. The lowest BCUT2D eigenvalue weighted by molar-refractivity contribution is 0.117. The number of piperazine rings is 1. The average molecular weight is 368 g/mol. The van der Waals surface area contributed by atoms with E-state index in [1.807, 2.05) is 7.05 Å². The second kappa shape index (κ2) is 6.19. The normalized spacial score (nSPS) is 22.8. The molecule has 2 rings (SSSR count). The summed E-state index contributed by atoms with van der Waals surface area (Å²) in [6, 6.07) is 1.96. The highest BCUT2D eigenvalue weighted by molar-refractivity contribution is 9.10. The number of nitrogens with zero attached hydrogens (tertiary/aromatic N) is 2. The van der Waals surface area contributed by atoms with E-state index in [9.17, 15) is 8.42 Å². The van der Waals surface area contributed by atoms with Crippen LogP contribution in [0.25, 0.3) is 0 Å². The van der Waals surface area contributed by atoms with Crippen molar-refractivity contribution in [2.75, 3.05) is 40.3 Å². The quantitative estimate of drug-likeness (QED) is 0.863. The molecule has 1 aliphatic rings. The van der Waals surface area contributed by atoms with Gasteiger partial charge in [-0.05, 0) is 41.5 Å². The summed E-state index contributed by atoms with van der Waals surface area (Å²) >= 11 is 4.49. The third kappa shape index (κ3) is 3.77. The summed E-state index contributed by atoms with van der Waals surface area (Å²) in [6.07, 6.45) is 0. The number of sulfonamides is 1. The summed E-state index contributed by atoms with van der Waals surface area (Å²) in [5, 5.41) is 1.76. The van der Waals surface area contributed by atoms with Crippen LogP contribution in [0.1, 0.15) is 0 Å². The molecule has 8 heteroatoms. The van der Waals surface area contributed by atoms with Crippen LogP contribution in [-0.4, -0.2) is 64.5 Å². The number of hydrogen-bond acceptors (Lipinski definition) is 5. The van der Waals surface area contributed by atoms with Crippen molar-refractivity contribution in [2.45, 2.75) is 10.3 Å². The second-order valence-electron chi connectivity index (χ2n) is 4.80. The van der Waals surface area contributed by atoms with Crippen molar-refractivity contribution in [1.29, 1.82) is 0 Å². The van der Waals surface area contributed by atoms with E-state index in [0.29, 0.717) is 15.2 Å². The third-order valence-corrected chi connectivity index (χ3v) is 7.41. The monoisotopic (exact) mass is 367 g/mol. The molecule has 108 valence electrons. The highest BCUT2D eigenvalue weighted by atomic mass is 79.9. The summed E-state index contributed by atoms with van der Waals surface area (Å²) < 4.78 is 28.0. The largest absolute Gasteiger partial charge is 0.303 e. The van der Waals surface area contributed by atoms with Gasteiger partial charge in [-0.15, -0.1) is 11.3 Å². The van der Waals surface area contributed by atoms with E-state index >= 15 is 0 Å². The maximum atomic E-state index is 12.2. The van der Waals surface area contributed by atoms with Crippen LogP contribution in [0.3, 0.4) is 0 Å². The summed E-state index contributed by atoms with van der Waals surface area (Å²) in [5.74, 6) is 0. The zero-order valence-corrected chi connectivity index (χ0v) is 14.2. The van der Waals surface area contributed by atoms with Crippen molar-refractivity contribution in [3.05, 3.63) is 15.9 Å². The second-order valence-corrected chi connectivity index (χ2v) is 8.54. The Labute approximate surface area is 126 Å². The first-order valence-corrected chi connectivity index (χ1v) is 9.17. The maximum Gasteiger partial charge on any atom is 0.251 e. The Balaban J connectivity index is 2.00. The van der Waals surface area contributed by atoms with Gasteiger partial charge >= 0.3 is 0 Å². The lowest BCUT2D eigenvalue weighted by Crippen LogP contribution is -2.54. The average Bonchev–Trinajstić information content (AvgIpc) is 2.78. The molecule has 0 bridgehead atoms. The van der Waals surface area contributed by atoms with E-state index in [1.54, 1.807) is 11.4 Å². The van der Waals surface area contributed by atoms with Crippen LogP contribution in [0.15, 0.2) is 20.1 Å². The predicted octanol–water partition coefficient (Wildman–Crippen LogP) is 1.03. The molecule has 0 radical (unpaired) electrons. The van der Waals surface area contributed by atoms with Crippen molar-refractivity contribution in [3.8, 4) is 0 Å². The number of hydrogen-bond donors (Lipinski definition) is 1. The lowest BCUT2D eigenvalue weighted by atomic mass is 10.2. The zero-order chi connectivity index (χ0) is 14.0. The molecule has 5 nitrogen and oxygen atoms in total. The highest BCUT2D eigenvalue weighted by Crippen LogP contribution is 2.27. The van der Waals surface area contributed by atoms with Crippen molar-refractivity contribution >= 4 is 37.3 Å². The minimum atomic E-state index is -3.41. The lowest BCUT2D eigenvalue weighted by Gasteiger charge is -2.37. The number of rotatable bonds is 4. The molecule has 1 aliphatic heterocycles. The molecule has 1 saturated heterocycles. The van der Waals surface area contributed by atoms with E-state index in [4.69, 9.17) is 0 Å². The summed E-state index contributed by atoms with van der Waals surface area (Å²) in [6.45, 7) is 3.31. The molecule has 1 N–H and O–H groups in total. The molecule has 0 aromatic carbocycles. The Kier molecular flexibility index (Phi) is 5.02. The number of likely N-dealkylation sites (N-methyl/N-ethyl adjacent to an activating group) is 2. The van der Waals surface area contributed by atoms with Gasteiger partial charge in [0.2, 0.25) is 0 Å². The van der Waals surface area contributed by atoms with Gasteiger partial charge in [-0.1, -0.05) is 0 Å². The van der Waals surface area contributed by atoms with Crippen LogP contribution < -0.4 is 4.72 Å². The van der Waals surface area contributed by atoms with E-state index < -0.39 is 10.0 Å². The van der Waals surface area contributed by atoms with Crippen LogP contribution >= 0.6 is 27.3 Å². The van der Waals surface area contributed by atoms with Gasteiger partial charge in [0.1, 0.15) is 4.21 Å². The van der Waals surface area contributed by atoms with Crippen molar-refractivity contribution in [1.82, 2.24) is 14.5 Å². The van der Waals surface area contributed by atoms with Gasteiger partial charge in [-0.2, -0.15) is 0 Å². The van der Waals surface area contributed by atoms with Crippen LogP contribution in [0.4, 0.5) is 0 Å². The standard InChI is InChI=1S/C11H18BrN3O2S2/c1-14-4-5-15(2)9(8-14)7-13-19(16,17)11-10(12)3-6-18-11/h3,6,9,13H,4-5,7-8H2,1-2H3. The summed E-state index contributed by atoms with van der Waals surface area (Å²) in [4.78, 5) is 4.42. The first kappa shape index (κ1) is 15.4. The predicted molar refractivity (Wildman–Crippen MR) is 81.1 cm³/mol. The molecule has 1 aromatic rings. The maximum absolute atomic E-state index is 12.2. The third-order valence-electron chi connectivity index (χ3n) is 3.32. The Hall–Kier alpha value is 0.01000. The Morgan fingerprint density at radius 3 is 2.84 bits per heavy atom. The minimum Gasteiger partial charge on any atom is -0.303 e. The van der Waals surface area contributed by atoms with Crippen LogP contribution in [-0.2, 0) is 10.0 Å². The fourth-order valence-electron chi connectivity index (χ4n) is 2.06. The fraction of sp³-hybridized carbons (Fsp3) is 0.636. The number of halogens is 1. The minimum absolute atomic E-state index is 0.215. The fourth-order valence-corrected chi connectivity index (χ4v) is 5.52. The zero-order valence-electron chi connectivity index (χ0n) is 11.0. The van der Waals surface area contributed by atoms with Crippen LogP contribution in [0.5, 0.6) is 0 Å². The first-order chi connectivity index (χ1) is 8.90. The van der Waals surface area contributed by atoms with Gasteiger partial charge in [0, 0.05) is 36.7 Å². The molecule has 0 spiro atoms. The molecule has 0 saturated carbocycles. The van der Waals surface area contributed by atoms with Gasteiger partial charge in [0.25, 0.3) is 10.0 Å². The molecule has 1 unspecified atom stereocenters. The van der Waals surface area contributed by atoms with Gasteiger partial charge in [-0.25, -0.2) is 13.1 Å². The smallest absolute Gasteiger partial charge is 0.251 e. The molecule has 1 fully saturated rings. The topological polar surface area (TPSA) is 52.6 Å². The first-order valence-electron chi connectivity index (χ1n) is 6.01. The molecule has 1 aromatic heterocycles. The molecular weight excluding hydrogens is 350 g/mol. The number of thiophene rings is 1. The van der Waals surface area contributed by atoms with Crippen molar-refractivity contribution < 1.29 is 8.42 Å². The van der Waals surface area contributed by atoms with Crippen molar-refractivity contribution in [2.24, 2.45) is 0 Å². The SMILES string of the molecule is CN1CCN(C)C(CNS(=O)(=O)c2sccc2Br)C1. The Morgan fingerprint density at radius 1 is 1.47 bits per heavy atom. The number of nitrogens with one attached hydrogen (secondary N) is 1. The highest BCUT2D eigenvalue weighted by Gasteiger charge is 2.25. The van der Waals surface area contributed by atoms with E-state index in [0.717, 1.165) is 19.6 Å². The Morgan fingerprint density at radius 2 is 2.21 bits per heavy atom. The molecule has 19 heavy (non-hydrogen) atoms. The van der Waals surface area contributed by atoms with Gasteiger partial charge < -0.3 is 4.90 Å². The molecule has 1 atom stereocenters. The molecule has 0 amide bonds. The van der Waals surface area contributed by atoms with Gasteiger partial charge in [-0.3, -0.25) is 4.90 Å². The van der Waals surface area contributed by atoms with Crippen LogP contribution in [0, 0.1) is 0 Å². The van der Waals surface area contributed by atoms with E-state index in [2.05, 4.69) is 37.5 Å². The molecule has 0 aliphatic carbocycles. The van der Waals surface area contributed by atoms with Gasteiger partial charge in [0.05, 0.1) is 0 Å². The summed E-state index contributed by atoms with van der Waals surface area (Å²) in [7, 11) is 0.683. The van der Waals surface area contributed by atoms with Gasteiger partial charge in [0.15, 0.2) is 0 Å². The van der Waals surface area contributed by atoms with Crippen molar-refractivity contribution in [3.63, 3.8) is 0 Å². The summed E-state index contributed by atoms with van der Waals surface area (Å²) in [5.41, 5.74) is 0.